The smallest absolute Gasteiger partial charge is 0.270 e. The van der Waals surface area contributed by atoms with E-state index in [9.17, 15) is 14.9 Å². The molecular formula is C12H12N4O4. The minimum Gasteiger partial charge on any atom is -0.378 e. The van der Waals surface area contributed by atoms with Gasteiger partial charge in [-0.25, -0.2) is 0 Å². The van der Waals surface area contributed by atoms with E-state index in [1.54, 1.807) is 0 Å². The van der Waals surface area contributed by atoms with Crippen LogP contribution in [0.5, 0.6) is 0 Å². The van der Waals surface area contributed by atoms with Crippen molar-refractivity contribution in [2.75, 3.05) is 25.1 Å². The molecule has 0 bridgehead atoms. The number of nitro benzene ring substituents is 1. The van der Waals surface area contributed by atoms with Crippen molar-refractivity contribution >= 4 is 17.3 Å². The molecule has 0 radical (unpaired) electrons. The van der Waals surface area contributed by atoms with Crippen LogP contribution in [0, 0.1) is 21.4 Å². The van der Waals surface area contributed by atoms with Crippen molar-refractivity contribution in [3.05, 3.63) is 33.9 Å². The first-order chi connectivity index (χ1) is 9.61. The zero-order valence-electron chi connectivity index (χ0n) is 10.5. The molecule has 0 aromatic heterocycles. The van der Waals surface area contributed by atoms with Gasteiger partial charge in [0.15, 0.2) is 0 Å². The van der Waals surface area contributed by atoms with Gasteiger partial charge in [0, 0.05) is 18.7 Å². The largest absolute Gasteiger partial charge is 0.378 e. The highest BCUT2D eigenvalue weighted by molar-refractivity contribution is 5.96. The summed E-state index contributed by atoms with van der Waals surface area (Å²) in [5.41, 5.74) is 0.0958. The van der Waals surface area contributed by atoms with E-state index >= 15 is 0 Å². The van der Waals surface area contributed by atoms with E-state index in [-0.39, 0.29) is 29.5 Å². The molecule has 104 valence electrons. The first-order valence-electron chi connectivity index (χ1n) is 5.92. The molecule has 2 rings (SSSR count). The molecule has 0 saturated carbocycles. The Balaban J connectivity index is 2.14. The summed E-state index contributed by atoms with van der Waals surface area (Å²) in [6.07, 6.45) is 0. The molecule has 2 N–H and O–H groups in total. The molecule has 8 heteroatoms. The third-order valence-corrected chi connectivity index (χ3v) is 2.83. The van der Waals surface area contributed by atoms with E-state index in [2.05, 4.69) is 10.6 Å². The Hall–Kier alpha value is -2.50. The van der Waals surface area contributed by atoms with Crippen molar-refractivity contribution in [2.24, 2.45) is 0 Å². The van der Waals surface area contributed by atoms with Crippen molar-refractivity contribution in [2.45, 2.75) is 6.04 Å². The van der Waals surface area contributed by atoms with Crippen molar-refractivity contribution in [3.8, 4) is 6.07 Å². The van der Waals surface area contributed by atoms with Gasteiger partial charge in [0.1, 0.15) is 12.1 Å². The van der Waals surface area contributed by atoms with Gasteiger partial charge in [0.2, 0.25) is 5.91 Å². The van der Waals surface area contributed by atoms with E-state index in [0.29, 0.717) is 13.2 Å². The molecule has 1 heterocycles. The molecule has 0 aliphatic carbocycles. The number of hydrogen-bond acceptors (Lipinski definition) is 6. The maximum Gasteiger partial charge on any atom is 0.270 e. The highest BCUT2D eigenvalue weighted by Gasteiger charge is 2.22. The Labute approximate surface area is 114 Å². The van der Waals surface area contributed by atoms with Crippen LogP contribution in [0.3, 0.4) is 0 Å². The van der Waals surface area contributed by atoms with E-state index in [4.69, 9.17) is 10.00 Å². The van der Waals surface area contributed by atoms with Crippen LogP contribution in [0.25, 0.3) is 0 Å². The highest BCUT2D eigenvalue weighted by Crippen LogP contribution is 2.21. The van der Waals surface area contributed by atoms with Crippen molar-refractivity contribution in [1.29, 1.82) is 5.26 Å². The summed E-state index contributed by atoms with van der Waals surface area (Å²) in [7, 11) is 0. The van der Waals surface area contributed by atoms with Crippen LogP contribution in [0.4, 0.5) is 11.4 Å². The molecular weight excluding hydrogens is 264 g/mol. The van der Waals surface area contributed by atoms with Gasteiger partial charge in [0.05, 0.1) is 29.4 Å². The number of ether oxygens (including phenoxy) is 1. The number of anilines is 1. The fourth-order valence-corrected chi connectivity index (χ4v) is 1.80. The quantitative estimate of drug-likeness (QED) is 0.609. The van der Waals surface area contributed by atoms with Crippen LogP contribution in [-0.2, 0) is 9.53 Å². The molecule has 1 unspecified atom stereocenters. The second-order valence-electron chi connectivity index (χ2n) is 4.17. The van der Waals surface area contributed by atoms with E-state index in [0.717, 1.165) is 6.07 Å². The number of amides is 1. The lowest BCUT2D eigenvalue weighted by atomic mass is 10.1. The molecule has 1 aliphatic heterocycles. The lowest BCUT2D eigenvalue weighted by Gasteiger charge is -2.23. The number of non-ortho nitro benzene ring substituents is 1. The van der Waals surface area contributed by atoms with Gasteiger partial charge >= 0.3 is 0 Å². The average Bonchev–Trinajstić information content (AvgIpc) is 2.48. The van der Waals surface area contributed by atoms with Crippen LogP contribution in [0.1, 0.15) is 5.56 Å². The topological polar surface area (TPSA) is 117 Å². The average molecular weight is 276 g/mol. The minimum absolute atomic E-state index is 0.0456. The summed E-state index contributed by atoms with van der Waals surface area (Å²) in [6.45, 7) is 1.37. The number of nitrogens with one attached hydrogen (secondary N) is 2. The fourth-order valence-electron chi connectivity index (χ4n) is 1.80. The Kier molecular flexibility index (Phi) is 4.24. The first-order valence-corrected chi connectivity index (χ1v) is 5.92. The van der Waals surface area contributed by atoms with Crippen LogP contribution >= 0.6 is 0 Å². The number of nitro groups is 1. The van der Waals surface area contributed by atoms with Crippen molar-refractivity contribution in [3.63, 3.8) is 0 Å². The second-order valence-corrected chi connectivity index (χ2v) is 4.17. The standard InChI is InChI=1S/C12H12N4O4/c13-6-8-5-9(16(18)19)1-2-10(8)15-12(17)11-7-20-4-3-14-11/h1-2,5,11,14H,3-4,7H2,(H,15,17). The van der Waals surface area contributed by atoms with Gasteiger partial charge in [-0.1, -0.05) is 0 Å². The lowest BCUT2D eigenvalue weighted by molar-refractivity contribution is -0.384. The summed E-state index contributed by atoms with van der Waals surface area (Å²) in [4.78, 5) is 22.0. The maximum absolute atomic E-state index is 12.0. The minimum atomic E-state index is -0.594. The molecule has 20 heavy (non-hydrogen) atoms. The van der Waals surface area contributed by atoms with E-state index in [1.165, 1.54) is 12.1 Å². The summed E-state index contributed by atoms with van der Waals surface area (Å²) >= 11 is 0. The van der Waals surface area contributed by atoms with Gasteiger partial charge in [-0.3, -0.25) is 14.9 Å². The first kappa shape index (κ1) is 13.9. The summed E-state index contributed by atoms with van der Waals surface area (Å²) < 4.78 is 5.17. The Bertz CT molecular complexity index is 575. The highest BCUT2D eigenvalue weighted by atomic mass is 16.6. The van der Waals surface area contributed by atoms with E-state index < -0.39 is 11.0 Å². The van der Waals surface area contributed by atoms with Crippen molar-refractivity contribution in [1.82, 2.24) is 5.32 Å². The molecule has 8 nitrogen and oxygen atoms in total. The predicted molar refractivity (Wildman–Crippen MR) is 69.1 cm³/mol. The van der Waals surface area contributed by atoms with Gasteiger partial charge in [-0.2, -0.15) is 5.26 Å². The molecule has 1 aliphatic rings. The van der Waals surface area contributed by atoms with Crippen LogP contribution in [0.15, 0.2) is 18.2 Å². The van der Waals surface area contributed by atoms with Gasteiger partial charge in [-0.15, -0.1) is 0 Å². The van der Waals surface area contributed by atoms with Gasteiger partial charge in [0.25, 0.3) is 5.69 Å². The molecule has 1 fully saturated rings. The molecule has 1 aromatic rings. The monoisotopic (exact) mass is 276 g/mol. The third kappa shape index (κ3) is 3.09. The number of benzene rings is 1. The summed E-state index contributed by atoms with van der Waals surface area (Å²) in [5.74, 6) is -0.338. The molecule has 1 amide bonds. The van der Waals surface area contributed by atoms with Crippen molar-refractivity contribution < 1.29 is 14.5 Å². The van der Waals surface area contributed by atoms with Crippen LogP contribution in [0.2, 0.25) is 0 Å². The number of hydrogen-bond donors (Lipinski definition) is 2. The molecule has 1 saturated heterocycles. The second kappa shape index (κ2) is 6.10. The van der Waals surface area contributed by atoms with Gasteiger partial charge in [-0.05, 0) is 6.07 Å². The molecule has 1 atom stereocenters. The lowest BCUT2D eigenvalue weighted by Crippen LogP contribution is -2.48. The Morgan fingerprint density at radius 1 is 1.60 bits per heavy atom. The number of nitrogens with zero attached hydrogens (tertiary/aromatic N) is 2. The normalized spacial score (nSPS) is 18.1. The number of carbonyl (C=O) groups is 1. The number of nitriles is 1. The molecule has 1 aromatic carbocycles. The Morgan fingerprint density at radius 3 is 3.00 bits per heavy atom. The summed E-state index contributed by atoms with van der Waals surface area (Å²) in [5, 5.41) is 25.2. The predicted octanol–water partition coefficient (Wildman–Crippen LogP) is 0.393. The number of morpholine rings is 1. The van der Waals surface area contributed by atoms with E-state index in [1.807, 2.05) is 6.07 Å². The number of rotatable bonds is 3. The maximum atomic E-state index is 12.0. The zero-order valence-corrected chi connectivity index (χ0v) is 10.5. The SMILES string of the molecule is N#Cc1cc([N+](=O)[O-])ccc1NC(=O)C1COCCN1. The van der Waals surface area contributed by atoms with Crippen LogP contribution < -0.4 is 10.6 Å². The van der Waals surface area contributed by atoms with Gasteiger partial charge < -0.3 is 15.4 Å². The number of carbonyl (C=O) groups excluding carboxylic acids is 1. The molecule has 0 spiro atoms. The third-order valence-electron chi connectivity index (χ3n) is 2.83. The van der Waals surface area contributed by atoms with Crippen LogP contribution in [-0.4, -0.2) is 36.6 Å². The summed E-state index contributed by atoms with van der Waals surface area (Å²) in [6, 6.07) is 5.04. The fraction of sp³-hybridized carbons (Fsp3) is 0.333. The Morgan fingerprint density at radius 2 is 2.40 bits per heavy atom. The zero-order chi connectivity index (χ0) is 14.5.